The number of amides is 2. The van der Waals surface area contributed by atoms with Crippen LogP contribution in [0.5, 0.6) is 0 Å². The fourth-order valence-corrected chi connectivity index (χ4v) is 5.51. The molecule has 0 bridgehead atoms. The minimum atomic E-state index is -0.291. The third kappa shape index (κ3) is 6.28. The molecule has 0 heterocycles. The molecule has 2 aromatic rings. The van der Waals surface area contributed by atoms with Crippen LogP contribution in [0.2, 0.25) is 0 Å². The first kappa shape index (κ1) is 26.0. The molecule has 0 aromatic heterocycles. The van der Waals surface area contributed by atoms with Gasteiger partial charge in [-0.15, -0.1) is 0 Å². The zero-order valence-electron chi connectivity index (χ0n) is 21.6. The summed E-state index contributed by atoms with van der Waals surface area (Å²) in [4.78, 5) is 26.3. The molecule has 3 rings (SSSR count). The van der Waals surface area contributed by atoms with E-state index >= 15 is 0 Å². The Morgan fingerprint density at radius 1 is 0.853 bits per heavy atom. The fraction of sp³-hybridized carbons (Fsp3) is 0.533. The predicted molar refractivity (Wildman–Crippen MR) is 140 cm³/mol. The highest BCUT2D eigenvalue weighted by Crippen LogP contribution is 2.38. The van der Waals surface area contributed by atoms with Gasteiger partial charge < -0.3 is 10.6 Å². The molecule has 1 fully saturated rings. The van der Waals surface area contributed by atoms with E-state index in [9.17, 15) is 9.59 Å². The van der Waals surface area contributed by atoms with Crippen molar-refractivity contribution >= 4 is 11.8 Å². The smallest absolute Gasteiger partial charge is 0.227 e. The molecule has 34 heavy (non-hydrogen) atoms. The molecule has 2 atom stereocenters. The first-order chi connectivity index (χ1) is 16.2. The Hall–Kier alpha value is -2.62. The molecular weight excluding hydrogens is 420 g/mol. The van der Waals surface area contributed by atoms with Crippen molar-refractivity contribution in [3.63, 3.8) is 0 Å². The van der Waals surface area contributed by atoms with Gasteiger partial charge in [0.15, 0.2) is 0 Å². The lowest BCUT2D eigenvalue weighted by Gasteiger charge is -2.45. The third-order valence-electron chi connectivity index (χ3n) is 7.83. The van der Waals surface area contributed by atoms with E-state index in [2.05, 4.69) is 45.3 Å². The molecular formula is C30H42N2O2. The summed E-state index contributed by atoms with van der Waals surface area (Å²) < 4.78 is 0. The van der Waals surface area contributed by atoms with Gasteiger partial charge in [-0.2, -0.15) is 0 Å². The van der Waals surface area contributed by atoms with E-state index in [1.54, 1.807) is 0 Å². The largest absolute Gasteiger partial charge is 0.350 e. The van der Waals surface area contributed by atoms with Crippen LogP contribution in [0.4, 0.5) is 0 Å². The lowest BCUT2D eigenvalue weighted by molar-refractivity contribution is -0.125. The van der Waals surface area contributed by atoms with E-state index in [-0.39, 0.29) is 34.7 Å². The second-order valence-corrected chi connectivity index (χ2v) is 10.8. The Morgan fingerprint density at radius 2 is 1.29 bits per heavy atom. The average Bonchev–Trinajstić information content (AvgIpc) is 2.81. The number of hydrogen-bond acceptors (Lipinski definition) is 2. The molecule has 2 amide bonds. The summed E-state index contributed by atoms with van der Waals surface area (Å²) in [6, 6.07) is 20.1. The lowest BCUT2D eigenvalue weighted by atomic mass is 9.70. The van der Waals surface area contributed by atoms with Crippen LogP contribution in [-0.4, -0.2) is 22.9 Å². The van der Waals surface area contributed by atoms with Crippen molar-refractivity contribution in [2.24, 2.45) is 5.92 Å². The topological polar surface area (TPSA) is 58.2 Å². The van der Waals surface area contributed by atoms with Gasteiger partial charge in [0.1, 0.15) is 0 Å². The predicted octanol–water partition coefficient (Wildman–Crippen LogP) is 6.33. The van der Waals surface area contributed by atoms with Crippen molar-refractivity contribution < 1.29 is 9.59 Å². The number of carbonyl (C=O) groups excluding carboxylic acids is 2. The summed E-state index contributed by atoms with van der Waals surface area (Å²) >= 11 is 0. The van der Waals surface area contributed by atoms with Crippen LogP contribution in [0.1, 0.15) is 96.1 Å². The first-order valence-corrected chi connectivity index (χ1v) is 12.9. The first-order valence-electron chi connectivity index (χ1n) is 12.9. The van der Waals surface area contributed by atoms with Crippen LogP contribution in [0.15, 0.2) is 60.7 Å². The van der Waals surface area contributed by atoms with Crippen LogP contribution < -0.4 is 10.6 Å². The Balaban J connectivity index is 1.59. The van der Waals surface area contributed by atoms with E-state index in [1.807, 2.05) is 60.7 Å². The maximum Gasteiger partial charge on any atom is 0.227 e. The van der Waals surface area contributed by atoms with E-state index in [0.717, 1.165) is 49.7 Å². The quantitative estimate of drug-likeness (QED) is 0.457. The number of rotatable bonds is 9. The SMILES string of the molecule is CCC(C(=O)NC1(C)CCC(C(C)(C)NC(=O)C(CC)c2ccccc2)CC1)c1ccccc1. The van der Waals surface area contributed by atoms with Gasteiger partial charge in [-0.3, -0.25) is 9.59 Å². The van der Waals surface area contributed by atoms with E-state index < -0.39 is 0 Å². The second-order valence-electron chi connectivity index (χ2n) is 10.8. The maximum absolute atomic E-state index is 13.2. The normalized spacial score (nSPS) is 22.4. The van der Waals surface area contributed by atoms with Gasteiger partial charge >= 0.3 is 0 Å². The van der Waals surface area contributed by atoms with Crippen LogP contribution in [-0.2, 0) is 9.59 Å². The van der Waals surface area contributed by atoms with E-state index in [4.69, 9.17) is 0 Å². The van der Waals surface area contributed by atoms with E-state index in [1.165, 1.54) is 0 Å². The Morgan fingerprint density at radius 3 is 1.74 bits per heavy atom. The highest BCUT2D eigenvalue weighted by molar-refractivity contribution is 5.84. The van der Waals surface area contributed by atoms with Crippen molar-refractivity contribution in [2.75, 3.05) is 0 Å². The molecule has 0 saturated heterocycles. The Labute approximate surface area is 205 Å². The maximum atomic E-state index is 13.2. The molecule has 1 aliphatic rings. The molecule has 4 nitrogen and oxygen atoms in total. The van der Waals surface area contributed by atoms with Gasteiger partial charge in [0.25, 0.3) is 0 Å². The second kappa shape index (κ2) is 11.2. The number of benzene rings is 2. The monoisotopic (exact) mass is 462 g/mol. The molecule has 1 aliphatic carbocycles. The summed E-state index contributed by atoms with van der Waals surface area (Å²) in [5, 5.41) is 6.75. The minimum Gasteiger partial charge on any atom is -0.350 e. The van der Waals surface area contributed by atoms with Crippen molar-refractivity contribution in [2.45, 2.75) is 96.1 Å². The third-order valence-corrected chi connectivity index (χ3v) is 7.83. The molecule has 2 N–H and O–H groups in total. The molecule has 0 spiro atoms. The number of carbonyl (C=O) groups is 2. The summed E-state index contributed by atoms with van der Waals surface area (Å²) in [5.41, 5.74) is 1.65. The van der Waals surface area contributed by atoms with Crippen LogP contribution in [0.25, 0.3) is 0 Å². The van der Waals surface area contributed by atoms with Crippen molar-refractivity contribution in [3.05, 3.63) is 71.8 Å². The number of hydrogen-bond donors (Lipinski definition) is 2. The molecule has 2 unspecified atom stereocenters. The van der Waals surface area contributed by atoms with E-state index in [0.29, 0.717) is 5.92 Å². The average molecular weight is 463 g/mol. The number of nitrogens with one attached hydrogen (secondary N) is 2. The van der Waals surface area contributed by atoms with Crippen LogP contribution in [0.3, 0.4) is 0 Å². The summed E-state index contributed by atoms with van der Waals surface area (Å²) in [6.45, 7) is 10.6. The van der Waals surface area contributed by atoms with Crippen molar-refractivity contribution in [3.8, 4) is 0 Å². The van der Waals surface area contributed by atoms with Crippen LogP contribution in [0, 0.1) is 5.92 Å². The zero-order chi connectivity index (χ0) is 24.8. The van der Waals surface area contributed by atoms with Gasteiger partial charge in [0, 0.05) is 11.1 Å². The molecule has 4 heteroatoms. The molecule has 0 radical (unpaired) electrons. The minimum absolute atomic E-state index is 0.106. The van der Waals surface area contributed by atoms with Gasteiger partial charge in [-0.25, -0.2) is 0 Å². The molecule has 2 aromatic carbocycles. The fourth-order valence-electron chi connectivity index (χ4n) is 5.51. The van der Waals surface area contributed by atoms with Crippen LogP contribution >= 0.6 is 0 Å². The van der Waals surface area contributed by atoms with Crippen molar-refractivity contribution in [1.82, 2.24) is 10.6 Å². The van der Waals surface area contributed by atoms with Gasteiger partial charge in [0.2, 0.25) is 11.8 Å². The summed E-state index contributed by atoms with van der Waals surface area (Å²) in [7, 11) is 0. The van der Waals surface area contributed by atoms with Crippen molar-refractivity contribution in [1.29, 1.82) is 0 Å². The Kier molecular flexibility index (Phi) is 8.57. The molecule has 0 aliphatic heterocycles. The highest BCUT2D eigenvalue weighted by atomic mass is 16.2. The van der Waals surface area contributed by atoms with Gasteiger partial charge in [-0.05, 0) is 76.3 Å². The molecule has 184 valence electrons. The zero-order valence-corrected chi connectivity index (χ0v) is 21.6. The van der Waals surface area contributed by atoms with Gasteiger partial charge in [0.05, 0.1) is 11.8 Å². The Bertz CT molecular complexity index is 931. The highest BCUT2D eigenvalue weighted by Gasteiger charge is 2.40. The molecule has 1 saturated carbocycles. The van der Waals surface area contributed by atoms with Gasteiger partial charge in [-0.1, -0.05) is 74.5 Å². The standard InChI is InChI=1S/C30H42N2O2/c1-6-25(22-14-10-8-11-15-22)27(33)31-29(3,4)24-18-20-30(5,21-19-24)32-28(34)26(7-2)23-16-12-9-13-17-23/h8-17,24-26H,6-7,18-21H2,1-5H3,(H,31,33)(H,32,34). The lowest BCUT2D eigenvalue weighted by Crippen LogP contribution is -2.55. The summed E-state index contributed by atoms with van der Waals surface area (Å²) in [5.74, 6) is 0.365. The summed E-state index contributed by atoms with van der Waals surface area (Å²) in [6.07, 6.45) is 5.37.